The summed E-state index contributed by atoms with van der Waals surface area (Å²) in [6.45, 7) is 15.1. The number of rotatable bonds is 6. The van der Waals surface area contributed by atoms with Crippen LogP contribution in [-0.2, 0) is 0 Å². The van der Waals surface area contributed by atoms with Gasteiger partial charge in [-0.3, -0.25) is 0 Å². The molecule has 0 aromatic heterocycles. The van der Waals surface area contributed by atoms with Crippen LogP contribution >= 0.6 is 0 Å². The Hall–Kier alpha value is 0.137. The van der Waals surface area contributed by atoms with Gasteiger partial charge in [0.1, 0.15) is 8.24 Å². The van der Waals surface area contributed by atoms with Crippen molar-refractivity contribution in [1.29, 1.82) is 0 Å². The summed E-state index contributed by atoms with van der Waals surface area (Å²) in [5.41, 5.74) is 1.28. The lowest BCUT2D eigenvalue weighted by atomic mass is 9.80. The molecular weight excluding hydrogens is 320 g/mol. The average Bonchev–Trinajstić information content (AvgIpc) is 3.18. The number of hydrogen-bond acceptors (Lipinski definition) is 2. The van der Waals surface area contributed by atoms with E-state index in [9.17, 15) is 0 Å². The third kappa shape index (κ3) is 4.52. The minimum absolute atomic E-state index is 0.268. The van der Waals surface area contributed by atoms with Crippen LogP contribution in [0.2, 0.25) is 18.1 Å². The SMILES string of the molecule is CCCC[Si](C)(NC(C)(C)C)C1CC(N2CCCC2)C2CCCCC21. The van der Waals surface area contributed by atoms with Gasteiger partial charge in [-0.15, -0.1) is 0 Å². The van der Waals surface area contributed by atoms with E-state index in [4.69, 9.17) is 0 Å². The molecule has 2 nitrogen and oxygen atoms in total. The normalized spacial score (nSPS) is 36.4. The minimum Gasteiger partial charge on any atom is -0.332 e. The maximum Gasteiger partial charge on any atom is 0.126 e. The van der Waals surface area contributed by atoms with Crippen molar-refractivity contribution in [2.75, 3.05) is 13.1 Å². The number of unbranched alkanes of at least 4 members (excludes halogenated alkanes) is 1. The van der Waals surface area contributed by atoms with Crippen molar-refractivity contribution in [3.8, 4) is 0 Å². The van der Waals surface area contributed by atoms with Crippen molar-refractivity contribution < 1.29 is 0 Å². The third-order valence-corrected chi connectivity index (χ3v) is 12.5. The highest BCUT2D eigenvalue weighted by molar-refractivity contribution is 6.78. The molecule has 5 atom stereocenters. The summed E-state index contributed by atoms with van der Waals surface area (Å²) in [5, 5.41) is 0. The highest BCUT2D eigenvalue weighted by Gasteiger charge is 2.53. The predicted octanol–water partition coefficient (Wildman–Crippen LogP) is 5.79. The molecule has 0 aromatic carbocycles. The molecule has 2 saturated carbocycles. The summed E-state index contributed by atoms with van der Waals surface area (Å²) in [5.74, 6) is 2.05. The summed E-state index contributed by atoms with van der Waals surface area (Å²) >= 11 is 0. The highest BCUT2D eigenvalue weighted by Crippen LogP contribution is 2.55. The van der Waals surface area contributed by atoms with Crippen LogP contribution in [0.5, 0.6) is 0 Å². The van der Waals surface area contributed by atoms with Crippen LogP contribution in [0.15, 0.2) is 0 Å². The van der Waals surface area contributed by atoms with Gasteiger partial charge in [0, 0.05) is 11.6 Å². The third-order valence-electron chi connectivity index (χ3n) is 7.52. The van der Waals surface area contributed by atoms with Crippen molar-refractivity contribution in [3.63, 3.8) is 0 Å². The molecule has 0 amide bonds. The van der Waals surface area contributed by atoms with Crippen LogP contribution in [0.4, 0.5) is 0 Å². The first-order valence-electron chi connectivity index (χ1n) is 11.4. The van der Waals surface area contributed by atoms with E-state index >= 15 is 0 Å². The van der Waals surface area contributed by atoms with Gasteiger partial charge in [-0.05, 0) is 83.0 Å². The number of likely N-dealkylation sites (tertiary alicyclic amines) is 1. The van der Waals surface area contributed by atoms with Crippen LogP contribution in [0.3, 0.4) is 0 Å². The molecule has 3 aliphatic rings. The highest BCUT2D eigenvalue weighted by atomic mass is 28.3. The maximum absolute atomic E-state index is 4.27. The van der Waals surface area contributed by atoms with E-state index in [1.807, 2.05) is 0 Å². The molecule has 3 rings (SSSR count). The van der Waals surface area contributed by atoms with Crippen molar-refractivity contribution in [2.45, 2.75) is 115 Å². The van der Waals surface area contributed by atoms with Gasteiger partial charge >= 0.3 is 0 Å². The standard InChI is InChI=1S/C22H44N2Si/c1-6-7-16-25(5,23-22(2,3)4)21-17-20(24-14-10-11-15-24)18-12-8-9-13-19(18)21/h18-21,23H,6-17H2,1-5H3. The summed E-state index contributed by atoms with van der Waals surface area (Å²) in [6.07, 6.45) is 13.2. The molecule has 1 saturated heterocycles. The number of nitrogens with zero attached hydrogens (tertiary/aromatic N) is 1. The lowest BCUT2D eigenvalue weighted by Crippen LogP contribution is -2.59. The Bertz CT molecular complexity index is 426. The van der Waals surface area contributed by atoms with E-state index in [0.29, 0.717) is 0 Å². The van der Waals surface area contributed by atoms with Crippen molar-refractivity contribution in [3.05, 3.63) is 0 Å². The van der Waals surface area contributed by atoms with Crippen LogP contribution in [0, 0.1) is 11.8 Å². The molecule has 1 aliphatic heterocycles. The van der Waals surface area contributed by atoms with E-state index in [0.717, 1.165) is 23.4 Å². The Morgan fingerprint density at radius 2 is 1.64 bits per heavy atom. The average molecular weight is 365 g/mol. The van der Waals surface area contributed by atoms with Gasteiger partial charge in [0.15, 0.2) is 0 Å². The van der Waals surface area contributed by atoms with Gasteiger partial charge in [0.2, 0.25) is 0 Å². The fourth-order valence-corrected chi connectivity index (χ4v) is 12.3. The van der Waals surface area contributed by atoms with E-state index in [1.165, 1.54) is 76.9 Å². The van der Waals surface area contributed by atoms with E-state index in [1.54, 1.807) is 0 Å². The molecule has 0 bridgehead atoms. The van der Waals surface area contributed by atoms with Gasteiger partial charge in [-0.1, -0.05) is 45.6 Å². The minimum atomic E-state index is -1.45. The van der Waals surface area contributed by atoms with Crippen LogP contribution < -0.4 is 4.98 Å². The zero-order valence-corrected chi connectivity index (χ0v) is 18.7. The Balaban J connectivity index is 1.83. The monoisotopic (exact) mass is 364 g/mol. The summed E-state index contributed by atoms with van der Waals surface area (Å²) < 4.78 is 0. The molecule has 25 heavy (non-hydrogen) atoms. The van der Waals surface area contributed by atoms with Crippen molar-refractivity contribution >= 4 is 8.24 Å². The molecule has 1 N–H and O–H groups in total. The fourth-order valence-electron chi connectivity index (χ4n) is 6.74. The van der Waals surface area contributed by atoms with E-state index in [-0.39, 0.29) is 5.54 Å². The molecule has 0 radical (unpaired) electrons. The van der Waals surface area contributed by atoms with Crippen LogP contribution in [0.25, 0.3) is 0 Å². The maximum atomic E-state index is 4.27. The summed E-state index contributed by atoms with van der Waals surface area (Å²) in [7, 11) is -1.45. The molecular formula is C22H44N2Si. The Labute approximate surface area is 158 Å². The van der Waals surface area contributed by atoms with Gasteiger partial charge in [0.25, 0.3) is 0 Å². The summed E-state index contributed by atoms with van der Waals surface area (Å²) in [4.78, 5) is 7.19. The summed E-state index contributed by atoms with van der Waals surface area (Å²) in [6, 6.07) is 2.41. The molecule has 3 heteroatoms. The zero-order chi connectivity index (χ0) is 18.1. The molecule has 3 fully saturated rings. The van der Waals surface area contributed by atoms with E-state index in [2.05, 4.69) is 44.1 Å². The lowest BCUT2D eigenvalue weighted by Gasteiger charge is -2.44. The lowest BCUT2D eigenvalue weighted by molar-refractivity contribution is 0.148. The van der Waals surface area contributed by atoms with Gasteiger partial charge in [-0.25, -0.2) is 0 Å². The number of nitrogens with one attached hydrogen (secondary N) is 1. The Morgan fingerprint density at radius 3 is 2.24 bits per heavy atom. The Kier molecular flexibility index (Phi) is 6.38. The number of fused-ring (bicyclic) bond motifs is 1. The fraction of sp³-hybridized carbons (Fsp3) is 1.00. The van der Waals surface area contributed by atoms with Crippen molar-refractivity contribution in [1.82, 2.24) is 9.88 Å². The predicted molar refractivity (Wildman–Crippen MR) is 113 cm³/mol. The molecule has 146 valence electrons. The Morgan fingerprint density at radius 1 is 1.00 bits per heavy atom. The molecule has 5 unspecified atom stereocenters. The quantitative estimate of drug-likeness (QED) is 0.600. The van der Waals surface area contributed by atoms with Gasteiger partial charge < -0.3 is 9.88 Å². The topological polar surface area (TPSA) is 15.3 Å². The van der Waals surface area contributed by atoms with Crippen LogP contribution in [0.1, 0.15) is 85.5 Å². The number of hydrogen-bond donors (Lipinski definition) is 1. The van der Waals surface area contributed by atoms with Gasteiger partial charge in [0.05, 0.1) is 0 Å². The first-order valence-corrected chi connectivity index (χ1v) is 14.2. The first kappa shape index (κ1) is 19.9. The van der Waals surface area contributed by atoms with Crippen LogP contribution in [-0.4, -0.2) is 37.8 Å². The van der Waals surface area contributed by atoms with Gasteiger partial charge in [-0.2, -0.15) is 0 Å². The molecule has 0 spiro atoms. The molecule has 0 aromatic rings. The smallest absolute Gasteiger partial charge is 0.126 e. The van der Waals surface area contributed by atoms with E-state index < -0.39 is 8.24 Å². The molecule has 1 heterocycles. The van der Waals surface area contributed by atoms with Crippen molar-refractivity contribution in [2.24, 2.45) is 11.8 Å². The molecule has 2 aliphatic carbocycles. The zero-order valence-electron chi connectivity index (χ0n) is 17.7. The largest absolute Gasteiger partial charge is 0.332 e. The second kappa shape index (κ2) is 8.02. The second-order valence-corrected chi connectivity index (χ2v) is 15.0. The first-order chi connectivity index (χ1) is 11.8. The second-order valence-electron chi connectivity index (χ2n) is 10.7.